The van der Waals surface area contributed by atoms with Gasteiger partial charge in [0.1, 0.15) is 11.9 Å². The van der Waals surface area contributed by atoms with Gasteiger partial charge in [0, 0.05) is 12.6 Å². The van der Waals surface area contributed by atoms with E-state index in [1.165, 1.54) is 18.6 Å². The topological polar surface area (TPSA) is 60.9 Å². The third kappa shape index (κ3) is 4.61. The number of benzene rings is 1. The van der Waals surface area contributed by atoms with Crippen molar-refractivity contribution in [2.24, 2.45) is 0 Å². The minimum Gasteiger partial charge on any atom is -0.480 e. The summed E-state index contributed by atoms with van der Waals surface area (Å²) in [7, 11) is 0. The molecule has 1 aromatic carbocycles. The smallest absolute Gasteiger partial charge is 0.320 e. The molecule has 1 N–H and O–H groups in total. The van der Waals surface area contributed by atoms with E-state index in [2.05, 4.69) is 0 Å². The molecule has 0 radical (unpaired) electrons. The molecule has 0 aromatic heterocycles. The highest BCUT2D eigenvalue weighted by molar-refractivity contribution is 5.80. The lowest BCUT2D eigenvalue weighted by atomic mass is 9.93. The largest absolute Gasteiger partial charge is 0.480 e. The average Bonchev–Trinajstić information content (AvgIpc) is 3.10. The van der Waals surface area contributed by atoms with Crippen LogP contribution in [0.3, 0.4) is 0 Å². The third-order valence-electron chi connectivity index (χ3n) is 5.59. The zero-order chi connectivity index (χ0) is 18.5. The van der Waals surface area contributed by atoms with Crippen LogP contribution in [-0.4, -0.2) is 52.0 Å². The molecule has 2 fully saturated rings. The van der Waals surface area contributed by atoms with Gasteiger partial charge in [0.25, 0.3) is 0 Å². The Kier molecular flexibility index (Phi) is 6.25. The summed E-state index contributed by atoms with van der Waals surface area (Å²) in [5, 5.41) is 9.34. The van der Waals surface area contributed by atoms with Crippen LogP contribution in [0.4, 0.5) is 4.39 Å². The molecule has 1 saturated carbocycles. The van der Waals surface area contributed by atoms with Crippen molar-refractivity contribution >= 4 is 11.9 Å². The van der Waals surface area contributed by atoms with E-state index in [-0.39, 0.29) is 24.3 Å². The zero-order valence-corrected chi connectivity index (χ0v) is 15.1. The van der Waals surface area contributed by atoms with E-state index in [1.807, 2.05) is 4.90 Å². The Morgan fingerprint density at radius 3 is 2.42 bits per heavy atom. The predicted octanol–water partition coefficient (Wildman–Crippen LogP) is 3.04. The second-order valence-corrected chi connectivity index (χ2v) is 7.41. The number of nitrogens with zero attached hydrogens (tertiary/aromatic N) is 2. The molecule has 5 nitrogen and oxygen atoms in total. The van der Waals surface area contributed by atoms with Gasteiger partial charge in [0.2, 0.25) is 5.91 Å². The van der Waals surface area contributed by atoms with Crippen LogP contribution in [0.25, 0.3) is 0 Å². The second-order valence-electron chi connectivity index (χ2n) is 7.41. The van der Waals surface area contributed by atoms with Crippen LogP contribution in [-0.2, 0) is 16.1 Å². The van der Waals surface area contributed by atoms with Crippen molar-refractivity contribution in [1.82, 2.24) is 9.80 Å². The van der Waals surface area contributed by atoms with Crippen LogP contribution in [0.2, 0.25) is 0 Å². The fourth-order valence-corrected chi connectivity index (χ4v) is 4.16. The molecular formula is C20H27FN2O3. The molecule has 3 rings (SSSR count). The fourth-order valence-electron chi connectivity index (χ4n) is 4.16. The molecule has 1 heterocycles. The summed E-state index contributed by atoms with van der Waals surface area (Å²) in [6.07, 6.45) is 6.79. The van der Waals surface area contributed by atoms with E-state index in [0.717, 1.165) is 37.7 Å². The van der Waals surface area contributed by atoms with E-state index in [4.69, 9.17) is 0 Å². The van der Waals surface area contributed by atoms with Crippen LogP contribution in [0, 0.1) is 5.82 Å². The molecule has 26 heavy (non-hydrogen) atoms. The van der Waals surface area contributed by atoms with E-state index in [9.17, 15) is 19.1 Å². The first kappa shape index (κ1) is 18.8. The molecule has 1 aliphatic carbocycles. The minimum absolute atomic E-state index is 0.0191. The van der Waals surface area contributed by atoms with Gasteiger partial charge in [-0.25, -0.2) is 4.39 Å². The van der Waals surface area contributed by atoms with E-state index in [1.54, 1.807) is 17.0 Å². The number of carbonyl (C=O) groups is 2. The lowest BCUT2D eigenvalue weighted by molar-refractivity contribution is -0.144. The van der Waals surface area contributed by atoms with Gasteiger partial charge in [0.15, 0.2) is 0 Å². The third-order valence-corrected chi connectivity index (χ3v) is 5.59. The number of amides is 1. The Morgan fingerprint density at radius 1 is 1.08 bits per heavy atom. The first-order valence-corrected chi connectivity index (χ1v) is 9.55. The lowest BCUT2D eigenvalue weighted by Crippen LogP contribution is -2.48. The Labute approximate surface area is 153 Å². The molecule has 1 amide bonds. The van der Waals surface area contributed by atoms with Gasteiger partial charge < -0.3 is 10.0 Å². The molecule has 1 aromatic rings. The van der Waals surface area contributed by atoms with Crippen LogP contribution in [0.5, 0.6) is 0 Å². The highest BCUT2D eigenvalue weighted by atomic mass is 19.1. The molecule has 1 saturated heterocycles. The monoisotopic (exact) mass is 362 g/mol. The Hall–Kier alpha value is -1.95. The SMILES string of the molecule is O=C(O)C1CCCN1CC(=O)N(Cc1ccc(F)cc1)C1CCCCC1. The maximum atomic E-state index is 13.2. The number of carboxylic acids is 1. The maximum Gasteiger partial charge on any atom is 0.320 e. The van der Waals surface area contributed by atoms with Gasteiger partial charge in [-0.05, 0) is 49.9 Å². The van der Waals surface area contributed by atoms with Crippen molar-refractivity contribution < 1.29 is 19.1 Å². The summed E-state index contributed by atoms with van der Waals surface area (Å²) in [5.41, 5.74) is 0.904. The molecule has 0 spiro atoms. The summed E-state index contributed by atoms with van der Waals surface area (Å²) < 4.78 is 13.2. The molecule has 1 atom stereocenters. The molecule has 142 valence electrons. The molecule has 1 unspecified atom stereocenters. The number of carbonyl (C=O) groups excluding carboxylic acids is 1. The number of rotatable bonds is 6. The van der Waals surface area contributed by atoms with E-state index in [0.29, 0.717) is 19.5 Å². The van der Waals surface area contributed by atoms with E-state index < -0.39 is 12.0 Å². The maximum absolute atomic E-state index is 13.2. The summed E-state index contributed by atoms with van der Waals surface area (Å²) in [6.45, 7) is 1.25. The Morgan fingerprint density at radius 2 is 1.77 bits per heavy atom. The van der Waals surface area contributed by atoms with Crippen molar-refractivity contribution in [3.05, 3.63) is 35.6 Å². The first-order valence-electron chi connectivity index (χ1n) is 9.55. The van der Waals surface area contributed by atoms with Crippen molar-refractivity contribution in [2.45, 2.75) is 63.6 Å². The zero-order valence-electron chi connectivity index (χ0n) is 15.1. The van der Waals surface area contributed by atoms with Crippen molar-refractivity contribution in [3.8, 4) is 0 Å². The van der Waals surface area contributed by atoms with Crippen LogP contribution < -0.4 is 0 Å². The minimum atomic E-state index is -0.849. The molecule has 0 bridgehead atoms. The van der Waals surface area contributed by atoms with Gasteiger partial charge in [-0.3, -0.25) is 14.5 Å². The Bertz CT molecular complexity index is 628. The van der Waals surface area contributed by atoms with E-state index >= 15 is 0 Å². The number of halogens is 1. The van der Waals surface area contributed by atoms with Crippen LogP contribution in [0.1, 0.15) is 50.5 Å². The van der Waals surface area contributed by atoms with Crippen LogP contribution >= 0.6 is 0 Å². The van der Waals surface area contributed by atoms with Gasteiger partial charge in [-0.1, -0.05) is 31.4 Å². The number of carboxylic acid groups (broad SMARTS) is 1. The first-order chi connectivity index (χ1) is 12.5. The molecule has 2 aliphatic rings. The van der Waals surface area contributed by atoms with Crippen molar-refractivity contribution in [2.75, 3.05) is 13.1 Å². The lowest BCUT2D eigenvalue weighted by Gasteiger charge is -2.36. The average molecular weight is 362 g/mol. The molecule has 1 aliphatic heterocycles. The number of likely N-dealkylation sites (tertiary alicyclic amines) is 1. The summed E-state index contributed by atoms with van der Waals surface area (Å²) in [5.74, 6) is -1.15. The van der Waals surface area contributed by atoms with Gasteiger partial charge >= 0.3 is 5.97 Å². The number of aliphatic carboxylic acids is 1. The number of hydrogen-bond donors (Lipinski definition) is 1. The quantitative estimate of drug-likeness (QED) is 0.845. The highest BCUT2D eigenvalue weighted by Crippen LogP contribution is 2.25. The van der Waals surface area contributed by atoms with Crippen molar-refractivity contribution in [1.29, 1.82) is 0 Å². The normalized spacial score (nSPS) is 21.7. The number of hydrogen-bond acceptors (Lipinski definition) is 3. The fraction of sp³-hybridized carbons (Fsp3) is 0.600. The highest BCUT2D eigenvalue weighted by Gasteiger charge is 2.34. The molecular weight excluding hydrogens is 335 g/mol. The summed E-state index contributed by atoms with van der Waals surface area (Å²) >= 11 is 0. The summed E-state index contributed by atoms with van der Waals surface area (Å²) in [6, 6.07) is 5.90. The van der Waals surface area contributed by atoms with Gasteiger partial charge in [0.05, 0.1) is 6.54 Å². The van der Waals surface area contributed by atoms with Gasteiger partial charge in [-0.2, -0.15) is 0 Å². The van der Waals surface area contributed by atoms with Crippen molar-refractivity contribution in [3.63, 3.8) is 0 Å². The standard InChI is InChI=1S/C20H27FN2O3/c21-16-10-8-15(9-11-16)13-23(17-5-2-1-3-6-17)19(24)14-22-12-4-7-18(22)20(25)26/h8-11,17-18H,1-7,12-14H2,(H,25,26). The predicted molar refractivity (Wildman–Crippen MR) is 96.1 cm³/mol. The van der Waals surface area contributed by atoms with Crippen LogP contribution in [0.15, 0.2) is 24.3 Å². The Balaban J connectivity index is 1.72. The summed E-state index contributed by atoms with van der Waals surface area (Å²) in [4.78, 5) is 28.1. The second kappa shape index (κ2) is 8.62. The molecule has 6 heteroatoms. The van der Waals surface area contributed by atoms with Gasteiger partial charge in [-0.15, -0.1) is 0 Å².